The van der Waals surface area contributed by atoms with E-state index >= 15 is 0 Å². The molecule has 1 aromatic carbocycles. The molecular formula is C17H20ClN5O. The van der Waals surface area contributed by atoms with E-state index in [-0.39, 0.29) is 11.9 Å². The molecule has 3 rings (SSSR count). The number of rotatable bonds is 4. The molecule has 0 aliphatic carbocycles. The number of halogens is 1. The molecule has 1 fully saturated rings. The normalized spacial score (nSPS) is 16.7. The van der Waals surface area contributed by atoms with Crippen molar-refractivity contribution in [1.82, 2.24) is 14.9 Å². The zero-order valence-electron chi connectivity index (χ0n) is 13.5. The van der Waals surface area contributed by atoms with Gasteiger partial charge in [-0.15, -0.1) is 0 Å². The number of anilines is 2. The lowest BCUT2D eigenvalue weighted by Crippen LogP contribution is -2.53. The van der Waals surface area contributed by atoms with Crippen molar-refractivity contribution in [2.24, 2.45) is 0 Å². The lowest BCUT2D eigenvalue weighted by molar-refractivity contribution is -0.120. The largest absolute Gasteiger partial charge is 0.338 e. The molecule has 0 unspecified atom stereocenters. The molecule has 0 radical (unpaired) electrons. The second-order valence-electron chi connectivity index (χ2n) is 5.72. The van der Waals surface area contributed by atoms with Crippen molar-refractivity contribution in [3.63, 3.8) is 0 Å². The minimum atomic E-state index is -0.222. The fourth-order valence-electron chi connectivity index (χ4n) is 2.73. The molecule has 1 amide bonds. The molecule has 1 aromatic heterocycles. The van der Waals surface area contributed by atoms with Crippen LogP contribution in [0.5, 0.6) is 0 Å². The number of piperazine rings is 1. The molecule has 1 saturated heterocycles. The molecule has 0 spiro atoms. The fourth-order valence-corrected chi connectivity index (χ4v) is 2.91. The van der Waals surface area contributed by atoms with Crippen LogP contribution in [0.2, 0.25) is 5.02 Å². The first-order chi connectivity index (χ1) is 11.6. The molecule has 7 heteroatoms. The molecule has 1 aliphatic heterocycles. The number of carbonyl (C=O) groups excluding carboxylic acids is 1. The lowest BCUT2D eigenvalue weighted by atomic mass is 10.2. The molecule has 126 valence electrons. The van der Waals surface area contributed by atoms with Crippen LogP contribution in [0.15, 0.2) is 42.7 Å². The Morgan fingerprint density at radius 3 is 2.46 bits per heavy atom. The molecule has 24 heavy (non-hydrogen) atoms. The highest BCUT2D eigenvalue weighted by Gasteiger charge is 2.26. The van der Waals surface area contributed by atoms with Crippen molar-refractivity contribution in [3.05, 3.63) is 47.7 Å². The Balaban J connectivity index is 1.56. The molecular weight excluding hydrogens is 326 g/mol. The number of hydrogen-bond donors (Lipinski definition) is 1. The number of nitrogens with zero attached hydrogens (tertiary/aromatic N) is 4. The van der Waals surface area contributed by atoms with Crippen molar-refractivity contribution in [2.45, 2.75) is 13.0 Å². The lowest BCUT2D eigenvalue weighted by Gasteiger charge is -2.37. The summed E-state index contributed by atoms with van der Waals surface area (Å²) in [7, 11) is 0. The van der Waals surface area contributed by atoms with Gasteiger partial charge in [-0.25, -0.2) is 9.97 Å². The SMILES string of the molecule is C[C@H](C(=O)Nc1ccccc1Cl)N1CCN(c2ncccn2)CC1. The summed E-state index contributed by atoms with van der Waals surface area (Å²) in [5.74, 6) is 0.692. The molecule has 2 aromatic rings. The average Bonchev–Trinajstić information content (AvgIpc) is 2.64. The Kier molecular flexibility index (Phi) is 5.27. The van der Waals surface area contributed by atoms with E-state index in [1.54, 1.807) is 30.6 Å². The number of carbonyl (C=O) groups is 1. The van der Waals surface area contributed by atoms with Gasteiger partial charge in [0.25, 0.3) is 0 Å². The van der Waals surface area contributed by atoms with Crippen molar-refractivity contribution in [2.75, 3.05) is 36.4 Å². The van der Waals surface area contributed by atoms with Crippen LogP contribution in [-0.4, -0.2) is 53.0 Å². The summed E-state index contributed by atoms with van der Waals surface area (Å²) in [6.45, 7) is 5.09. The number of para-hydroxylation sites is 1. The van der Waals surface area contributed by atoms with Gasteiger partial charge in [0.15, 0.2) is 0 Å². The Morgan fingerprint density at radius 2 is 1.79 bits per heavy atom. The highest BCUT2D eigenvalue weighted by molar-refractivity contribution is 6.33. The van der Waals surface area contributed by atoms with Crippen LogP contribution in [0.3, 0.4) is 0 Å². The molecule has 6 nitrogen and oxygen atoms in total. The smallest absolute Gasteiger partial charge is 0.241 e. The zero-order chi connectivity index (χ0) is 16.9. The third-order valence-corrected chi connectivity index (χ3v) is 4.54. The van der Waals surface area contributed by atoms with Gasteiger partial charge in [-0.2, -0.15) is 0 Å². The molecule has 0 bridgehead atoms. The van der Waals surface area contributed by atoms with E-state index < -0.39 is 0 Å². The highest BCUT2D eigenvalue weighted by Crippen LogP contribution is 2.21. The molecule has 1 N–H and O–H groups in total. The van der Waals surface area contributed by atoms with E-state index in [0.29, 0.717) is 10.7 Å². The molecule has 2 heterocycles. The maximum absolute atomic E-state index is 12.5. The van der Waals surface area contributed by atoms with Crippen LogP contribution in [0.25, 0.3) is 0 Å². The van der Waals surface area contributed by atoms with Gasteiger partial charge in [-0.1, -0.05) is 23.7 Å². The Bertz CT molecular complexity index is 688. The van der Waals surface area contributed by atoms with Gasteiger partial charge in [0, 0.05) is 38.6 Å². The van der Waals surface area contributed by atoms with Crippen LogP contribution in [0.1, 0.15) is 6.92 Å². The topological polar surface area (TPSA) is 61.4 Å². The quantitative estimate of drug-likeness (QED) is 0.921. The van der Waals surface area contributed by atoms with E-state index in [0.717, 1.165) is 32.1 Å². The number of hydrogen-bond acceptors (Lipinski definition) is 5. The van der Waals surface area contributed by atoms with Gasteiger partial charge in [0.1, 0.15) is 0 Å². The zero-order valence-corrected chi connectivity index (χ0v) is 14.3. The van der Waals surface area contributed by atoms with E-state index in [4.69, 9.17) is 11.6 Å². The van der Waals surface area contributed by atoms with Crippen LogP contribution in [-0.2, 0) is 4.79 Å². The van der Waals surface area contributed by atoms with Gasteiger partial charge in [-0.3, -0.25) is 9.69 Å². The molecule has 1 aliphatic rings. The minimum absolute atomic E-state index is 0.0486. The van der Waals surface area contributed by atoms with Crippen molar-refractivity contribution >= 4 is 29.1 Å². The summed E-state index contributed by atoms with van der Waals surface area (Å²) in [5, 5.41) is 3.44. The Hall–Kier alpha value is -2.18. The number of aromatic nitrogens is 2. The van der Waals surface area contributed by atoms with Crippen molar-refractivity contribution < 1.29 is 4.79 Å². The minimum Gasteiger partial charge on any atom is -0.338 e. The summed E-state index contributed by atoms with van der Waals surface area (Å²) in [6.07, 6.45) is 3.49. The first kappa shape index (κ1) is 16.7. The number of benzene rings is 1. The third-order valence-electron chi connectivity index (χ3n) is 4.21. The van der Waals surface area contributed by atoms with E-state index in [9.17, 15) is 4.79 Å². The van der Waals surface area contributed by atoms with Gasteiger partial charge in [-0.05, 0) is 25.1 Å². The Morgan fingerprint density at radius 1 is 1.12 bits per heavy atom. The highest BCUT2D eigenvalue weighted by atomic mass is 35.5. The summed E-state index contributed by atoms with van der Waals surface area (Å²) in [6, 6.07) is 8.84. The maximum atomic E-state index is 12.5. The van der Waals surface area contributed by atoms with E-state index in [1.807, 2.05) is 19.1 Å². The average molecular weight is 346 g/mol. The van der Waals surface area contributed by atoms with Gasteiger partial charge >= 0.3 is 0 Å². The Labute approximate surface area is 146 Å². The summed E-state index contributed by atoms with van der Waals surface area (Å²) < 4.78 is 0. The second-order valence-corrected chi connectivity index (χ2v) is 6.12. The summed E-state index contributed by atoms with van der Waals surface area (Å²) >= 11 is 6.10. The molecule has 1 atom stereocenters. The van der Waals surface area contributed by atoms with Crippen LogP contribution >= 0.6 is 11.6 Å². The summed E-state index contributed by atoms with van der Waals surface area (Å²) in [4.78, 5) is 25.3. The van der Waals surface area contributed by atoms with Crippen molar-refractivity contribution in [1.29, 1.82) is 0 Å². The first-order valence-corrected chi connectivity index (χ1v) is 8.34. The van der Waals surface area contributed by atoms with E-state index in [2.05, 4.69) is 25.1 Å². The monoisotopic (exact) mass is 345 g/mol. The maximum Gasteiger partial charge on any atom is 0.241 e. The van der Waals surface area contributed by atoms with Crippen LogP contribution < -0.4 is 10.2 Å². The predicted octanol–water partition coefficient (Wildman–Crippen LogP) is 2.28. The number of amides is 1. The summed E-state index contributed by atoms with van der Waals surface area (Å²) in [5.41, 5.74) is 0.646. The van der Waals surface area contributed by atoms with Crippen LogP contribution in [0.4, 0.5) is 11.6 Å². The standard InChI is InChI=1S/C17H20ClN5O/c1-13(16(24)21-15-6-3-2-5-14(15)18)22-9-11-23(12-10-22)17-19-7-4-8-20-17/h2-8,13H,9-12H2,1H3,(H,21,24)/t13-/m1/s1. The van der Waals surface area contributed by atoms with E-state index in [1.165, 1.54) is 0 Å². The van der Waals surface area contributed by atoms with Gasteiger partial charge in [0.2, 0.25) is 11.9 Å². The fraction of sp³-hybridized carbons (Fsp3) is 0.353. The predicted molar refractivity (Wildman–Crippen MR) is 95.4 cm³/mol. The molecule has 0 saturated carbocycles. The van der Waals surface area contributed by atoms with Crippen molar-refractivity contribution in [3.8, 4) is 0 Å². The van der Waals surface area contributed by atoms with Crippen LogP contribution in [0, 0.1) is 0 Å². The number of nitrogens with one attached hydrogen (secondary N) is 1. The third kappa shape index (κ3) is 3.83. The second kappa shape index (κ2) is 7.59. The van der Waals surface area contributed by atoms with Gasteiger partial charge < -0.3 is 10.2 Å². The van der Waals surface area contributed by atoms with Gasteiger partial charge in [0.05, 0.1) is 16.8 Å². The first-order valence-electron chi connectivity index (χ1n) is 7.96.